The van der Waals surface area contributed by atoms with Gasteiger partial charge < -0.3 is 30.5 Å². The van der Waals surface area contributed by atoms with Crippen molar-refractivity contribution in [2.45, 2.75) is 32.9 Å². The van der Waals surface area contributed by atoms with Gasteiger partial charge in [0.1, 0.15) is 0 Å². The molecule has 7 nitrogen and oxygen atoms in total. The topological polar surface area (TPSA) is 91.8 Å². The van der Waals surface area contributed by atoms with Crippen LogP contribution in [0, 0.1) is 0 Å². The first-order valence-electron chi connectivity index (χ1n) is 8.49. The zero-order valence-corrected chi connectivity index (χ0v) is 15.6. The third-order valence-corrected chi connectivity index (χ3v) is 3.22. The fraction of sp³-hybridized carbons (Fsp3) is 0.611. The Morgan fingerprint density at radius 2 is 1.88 bits per heavy atom. The molecule has 0 unspecified atom stereocenters. The molecule has 1 aromatic carbocycles. The van der Waals surface area contributed by atoms with Crippen molar-refractivity contribution in [2.24, 2.45) is 0 Å². The molecule has 25 heavy (non-hydrogen) atoms. The van der Waals surface area contributed by atoms with E-state index in [1.54, 1.807) is 7.11 Å². The Hall–Kier alpha value is -1.83. The Kier molecular flexibility index (Phi) is 9.26. The molecule has 7 heteroatoms. The van der Waals surface area contributed by atoms with Gasteiger partial charge in [-0.1, -0.05) is 12.1 Å². The zero-order valence-electron chi connectivity index (χ0n) is 15.6. The molecule has 142 valence electrons. The molecule has 0 aromatic heterocycles. The normalized spacial score (nSPS) is 11.2. The van der Waals surface area contributed by atoms with Crippen LogP contribution in [0.3, 0.4) is 0 Å². The van der Waals surface area contributed by atoms with E-state index >= 15 is 0 Å². The second-order valence-electron chi connectivity index (χ2n) is 6.69. The number of para-hydroxylation sites is 1. The van der Waals surface area contributed by atoms with Crippen LogP contribution in [0.25, 0.3) is 0 Å². The molecule has 0 aliphatic rings. The van der Waals surface area contributed by atoms with E-state index in [-0.39, 0.29) is 24.7 Å². The van der Waals surface area contributed by atoms with Crippen molar-refractivity contribution in [3.8, 4) is 11.5 Å². The van der Waals surface area contributed by atoms with Crippen molar-refractivity contribution in [3.05, 3.63) is 23.8 Å². The third kappa shape index (κ3) is 8.72. The van der Waals surface area contributed by atoms with Gasteiger partial charge in [-0.25, -0.2) is 0 Å². The van der Waals surface area contributed by atoms with Gasteiger partial charge in [0, 0.05) is 37.3 Å². The molecule has 0 aliphatic carbocycles. The van der Waals surface area contributed by atoms with Crippen molar-refractivity contribution < 1.29 is 19.4 Å². The average Bonchev–Trinajstić information content (AvgIpc) is 2.54. The van der Waals surface area contributed by atoms with Crippen LogP contribution in [-0.4, -0.2) is 56.5 Å². The first-order valence-corrected chi connectivity index (χ1v) is 8.49. The van der Waals surface area contributed by atoms with Gasteiger partial charge in [-0.05, 0) is 26.8 Å². The summed E-state index contributed by atoms with van der Waals surface area (Å²) in [5, 5.41) is 18.0. The second-order valence-corrected chi connectivity index (χ2v) is 6.69. The highest BCUT2D eigenvalue weighted by atomic mass is 16.5. The minimum atomic E-state index is -0.298. The van der Waals surface area contributed by atoms with E-state index in [9.17, 15) is 4.79 Å². The summed E-state index contributed by atoms with van der Waals surface area (Å²) in [4.78, 5) is 12.0. The Balaban J connectivity index is 2.62. The number of ether oxygens (including phenoxy) is 2. The van der Waals surface area contributed by atoms with Crippen LogP contribution < -0.4 is 25.4 Å². The molecule has 1 aromatic rings. The highest BCUT2D eigenvalue weighted by Gasteiger charge is 2.16. The zero-order chi connectivity index (χ0) is 18.7. The first kappa shape index (κ1) is 21.2. The Labute approximate surface area is 150 Å². The lowest BCUT2D eigenvalue weighted by molar-refractivity contribution is -0.124. The number of carbonyl (C=O) groups is 1. The standard InChI is InChI=1S/C18H31N3O4/c1-18(2,3)21-16(23)13-25-17-14(6-5-7-15(17)24-4)12-20-9-8-19-10-11-22/h5-7,19-20,22H,8-13H2,1-4H3,(H,21,23). The molecule has 0 aliphatic heterocycles. The largest absolute Gasteiger partial charge is 0.493 e. The molecular formula is C18H31N3O4. The minimum absolute atomic E-state index is 0.0668. The number of carbonyl (C=O) groups excluding carboxylic acids is 1. The molecule has 0 saturated heterocycles. The van der Waals surface area contributed by atoms with Gasteiger partial charge in [-0.2, -0.15) is 0 Å². The number of hydrogen-bond donors (Lipinski definition) is 4. The predicted molar refractivity (Wildman–Crippen MR) is 98.0 cm³/mol. The van der Waals surface area contributed by atoms with Crippen LogP contribution >= 0.6 is 0 Å². The summed E-state index contributed by atoms with van der Waals surface area (Å²) in [6.07, 6.45) is 0. The molecule has 0 saturated carbocycles. The maximum absolute atomic E-state index is 12.0. The van der Waals surface area contributed by atoms with E-state index in [1.165, 1.54) is 0 Å². The molecule has 0 atom stereocenters. The van der Waals surface area contributed by atoms with Crippen LogP contribution in [0.1, 0.15) is 26.3 Å². The van der Waals surface area contributed by atoms with Gasteiger partial charge in [-0.3, -0.25) is 4.79 Å². The third-order valence-electron chi connectivity index (χ3n) is 3.22. The lowest BCUT2D eigenvalue weighted by Gasteiger charge is -2.21. The summed E-state index contributed by atoms with van der Waals surface area (Å²) in [5.74, 6) is 0.997. The van der Waals surface area contributed by atoms with E-state index in [0.29, 0.717) is 24.6 Å². The number of nitrogens with one attached hydrogen (secondary N) is 3. The maximum Gasteiger partial charge on any atom is 0.258 e. The van der Waals surface area contributed by atoms with Crippen LogP contribution in [0.15, 0.2) is 18.2 Å². The van der Waals surface area contributed by atoms with Crippen molar-refractivity contribution in [3.63, 3.8) is 0 Å². The number of aliphatic hydroxyl groups is 1. The lowest BCUT2D eigenvalue weighted by atomic mass is 10.1. The smallest absolute Gasteiger partial charge is 0.258 e. The Morgan fingerprint density at radius 1 is 1.16 bits per heavy atom. The van der Waals surface area contributed by atoms with Crippen LogP contribution in [-0.2, 0) is 11.3 Å². The van der Waals surface area contributed by atoms with Crippen molar-refractivity contribution in [1.29, 1.82) is 0 Å². The second kappa shape index (κ2) is 10.9. The van der Waals surface area contributed by atoms with Gasteiger partial charge >= 0.3 is 0 Å². The number of benzene rings is 1. The highest BCUT2D eigenvalue weighted by Crippen LogP contribution is 2.31. The van der Waals surface area contributed by atoms with E-state index in [4.69, 9.17) is 14.6 Å². The molecular weight excluding hydrogens is 322 g/mol. The van der Waals surface area contributed by atoms with E-state index < -0.39 is 0 Å². The van der Waals surface area contributed by atoms with Crippen molar-refractivity contribution >= 4 is 5.91 Å². The predicted octanol–water partition coefficient (Wildman–Crippen LogP) is 0.660. The SMILES string of the molecule is COc1cccc(CNCCNCCO)c1OCC(=O)NC(C)(C)C. The summed E-state index contributed by atoms with van der Waals surface area (Å²) in [7, 11) is 1.58. The molecule has 0 bridgehead atoms. The maximum atomic E-state index is 12.0. The minimum Gasteiger partial charge on any atom is -0.493 e. The van der Waals surface area contributed by atoms with Crippen LogP contribution in [0.2, 0.25) is 0 Å². The van der Waals surface area contributed by atoms with Crippen molar-refractivity contribution in [1.82, 2.24) is 16.0 Å². The number of amides is 1. The molecule has 0 spiro atoms. The summed E-state index contributed by atoms with van der Waals surface area (Å²) >= 11 is 0. The van der Waals surface area contributed by atoms with Gasteiger partial charge in [0.05, 0.1) is 13.7 Å². The fourth-order valence-corrected chi connectivity index (χ4v) is 2.22. The number of rotatable bonds is 11. The van der Waals surface area contributed by atoms with Gasteiger partial charge in [0.15, 0.2) is 18.1 Å². The van der Waals surface area contributed by atoms with Gasteiger partial charge in [0.2, 0.25) is 0 Å². The monoisotopic (exact) mass is 353 g/mol. The van der Waals surface area contributed by atoms with E-state index in [2.05, 4.69) is 16.0 Å². The first-order chi connectivity index (χ1) is 11.9. The van der Waals surface area contributed by atoms with Gasteiger partial charge in [-0.15, -0.1) is 0 Å². The quantitative estimate of drug-likeness (QED) is 0.437. The summed E-state index contributed by atoms with van der Waals surface area (Å²) in [5.41, 5.74) is 0.623. The molecule has 0 radical (unpaired) electrons. The van der Waals surface area contributed by atoms with Gasteiger partial charge in [0.25, 0.3) is 5.91 Å². The average molecular weight is 353 g/mol. The summed E-state index contributed by atoms with van der Waals surface area (Å²) in [6, 6.07) is 5.64. The number of methoxy groups -OCH3 is 1. The molecule has 4 N–H and O–H groups in total. The van der Waals surface area contributed by atoms with Crippen LogP contribution in [0.5, 0.6) is 11.5 Å². The highest BCUT2D eigenvalue weighted by molar-refractivity contribution is 5.78. The van der Waals surface area contributed by atoms with Crippen molar-refractivity contribution in [2.75, 3.05) is 40.0 Å². The summed E-state index contributed by atoms with van der Waals surface area (Å²) in [6.45, 7) is 8.52. The number of hydrogen-bond acceptors (Lipinski definition) is 6. The molecule has 1 amide bonds. The summed E-state index contributed by atoms with van der Waals surface area (Å²) < 4.78 is 11.1. The molecule has 0 fully saturated rings. The Morgan fingerprint density at radius 3 is 2.52 bits per heavy atom. The van der Waals surface area contributed by atoms with E-state index in [0.717, 1.165) is 18.7 Å². The number of aliphatic hydroxyl groups excluding tert-OH is 1. The van der Waals surface area contributed by atoms with Crippen LogP contribution in [0.4, 0.5) is 0 Å². The van der Waals surface area contributed by atoms with E-state index in [1.807, 2.05) is 39.0 Å². The fourth-order valence-electron chi connectivity index (χ4n) is 2.22. The lowest BCUT2D eigenvalue weighted by Crippen LogP contribution is -2.43. The Bertz CT molecular complexity index is 530. The molecule has 0 heterocycles. The molecule has 1 rings (SSSR count).